The van der Waals surface area contributed by atoms with Crippen LogP contribution in [-0.2, 0) is 17.8 Å². The van der Waals surface area contributed by atoms with E-state index in [2.05, 4.69) is 10.3 Å². The number of thiazole rings is 1. The lowest BCUT2D eigenvalue weighted by Gasteiger charge is -2.04. The molecule has 2 heterocycles. The number of halogens is 1. The SMILES string of the molecule is Cc1nc(-c2ccco2)sc1CNC(=O)Cc1ccc(Cl)cc1. The van der Waals surface area contributed by atoms with Gasteiger partial charge >= 0.3 is 0 Å². The molecule has 1 aromatic carbocycles. The monoisotopic (exact) mass is 346 g/mol. The van der Waals surface area contributed by atoms with Gasteiger partial charge in [-0.2, -0.15) is 0 Å². The molecule has 0 atom stereocenters. The van der Waals surface area contributed by atoms with E-state index in [9.17, 15) is 4.79 Å². The number of furan rings is 1. The second kappa shape index (κ2) is 6.98. The highest BCUT2D eigenvalue weighted by Gasteiger charge is 2.12. The smallest absolute Gasteiger partial charge is 0.224 e. The molecular formula is C17H15ClN2O2S. The van der Waals surface area contributed by atoms with Crippen LogP contribution >= 0.6 is 22.9 Å². The van der Waals surface area contributed by atoms with Gasteiger partial charge in [-0.05, 0) is 36.8 Å². The lowest BCUT2D eigenvalue weighted by molar-refractivity contribution is -0.120. The van der Waals surface area contributed by atoms with Gasteiger partial charge in [0.05, 0.1) is 24.9 Å². The summed E-state index contributed by atoms with van der Waals surface area (Å²) in [7, 11) is 0. The maximum Gasteiger partial charge on any atom is 0.224 e. The highest BCUT2D eigenvalue weighted by molar-refractivity contribution is 7.15. The molecule has 0 aliphatic carbocycles. The molecule has 0 aliphatic rings. The van der Waals surface area contributed by atoms with Crippen molar-refractivity contribution >= 4 is 28.8 Å². The summed E-state index contributed by atoms with van der Waals surface area (Å²) < 4.78 is 5.35. The molecule has 6 heteroatoms. The maximum absolute atomic E-state index is 12.0. The number of aryl methyl sites for hydroxylation is 1. The number of aromatic nitrogens is 1. The van der Waals surface area contributed by atoms with Gasteiger partial charge in [-0.25, -0.2) is 4.98 Å². The number of carbonyl (C=O) groups is 1. The minimum atomic E-state index is -0.0281. The van der Waals surface area contributed by atoms with Gasteiger partial charge in [0, 0.05) is 9.90 Å². The first-order chi connectivity index (χ1) is 11.1. The molecule has 2 aromatic heterocycles. The third-order valence-electron chi connectivity index (χ3n) is 3.35. The van der Waals surface area contributed by atoms with Crippen molar-refractivity contribution in [2.24, 2.45) is 0 Å². The van der Waals surface area contributed by atoms with Crippen molar-refractivity contribution in [2.45, 2.75) is 19.9 Å². The Hall–Kier alpha value is -2.11. The third kappa shape index (κ3) is 4.00. The molecule has 3 aromatic rings. The van der Waals surface area contributed by atoms with E-state index in [1.54, 1.807) is 18.4 Å². The zero-order chi connectivity index (χ0) is 16.2. The molecule has 1 N–H and O–H groups in total. The first-order valence-corrected chi connectivity index (χ1v) is 8.32. The zero-order valence-electron chi connectivity index (χ0n) is 12.5. The summed E-state index contributed by atoms with van der Waals surface area (Å²) in [5.74, 6) is 0.719. The van der Waals surface area contributed by atoms with E-state index < -0.39 is 0 Å². The van der Waals surface area contributed by atoms with Crippen molar-refractivity contribution in [2.75, 3.05) is 0 Å². The molecule has 0 saturated heterocycles. The van der Waals surface area contributed by atoms with Crippen LogP contribution in [0.3, 0.4) is 0 Å². The van der Waals surface area contributed by atoms with Gasteiger partial charge in [0.2, 0.25) is 5.91 Å². The number of benzene rings is 1. The van der Waals surface area contributed by atoms with Crippen LogP contribution in [0.4, 0.5) is 0 Å². The number of rotatable bonds is 5. The van der Waals surface area contributed by atoms with E-state index >= 15 is 0 Å². The molecule has 23 heavy (non-hydrogen) atoms. The predicted octanol–water partition coefficient (Wildman–Crippen LogP) is 4.22. The Bertz CT molecular complexity index is 795. The Balaban J connectivity index is 1.59. The maximum atomic E-state index is 12.0. The van der Waals surface area contributed by atoms with Crippen molar-refractivity contribution in [1.29, 1.82) is 0 Å². The largest absolute Gasteiger partial charge is 0.462 e. The molecule has 0 bridgehead atoms. The summed E-state index contributed by atoms with van der Waals surface area (Å²) in [6, 6.07) is 11.0. The van der Waals surface area contributed by atoms with Gasteiger partial charge in [-0.1, -0.05) is 23.7 Å². The fourth-order valence-corrected chi connectivity index (χ4v) is 3.22. The third-order valence-corrected chi connectivity index (χ3v) is 4.77. The first kappa shape index (κ1) is 15.8. The molecule has 0 radical (unpaired) electrons. The molecular weight excluding hydrogens is 332 g/mol. The Morgan fingerprint density at radius 3 is 2.78 bits per heavy atom. The van der Waals surface area contributed by atoms with Crippen LogP contribution in [0, 0.1) is 6.92 Å². The molecule has 0 saturated carbocycles. The Labute approximate surface area is 143 Å². The summed E-state index contributed by atoms with van der Waals surface area (Å²) in [4.78, 5) is 17.6. The molecule has 0 spiro atoms. The van der Waals surface area contributed by atoms with Gasteiger partial charge in [0.1, 0.15) is 0 Å². The zero-order valence-corrected chi connectivity index (χ0v) is 14.1. The van der Waals surface area contributed by atoms with Gasteiger partial charge in [-0.3, -0.25) is 4.79 Å². The second-order valence-corrected chi connectivity index (χ2v) is 6.60. The Kier molecular flexibility index (Phi) is 4.79. The summed E-state index contributed by atoms with van der Waals surface area (Å²) in [5.41, 5.74) is 1.84. The quantitative estimate of drug-likeness (QED) is 0.752. The van der Waals surface area contributed by atoms with Crippen molar-refractivity contribution in [3.8, 4) is 10.8 Å². The molecule has 0 unspecified atom stereocenters. The van der Waals surface area contributed by atoms with Crippen LogP contribution in [0.2, 0.25) is 5.02 Å². The van der Waals surface area contributed by atoms with Gasteiger partial charge in [0.15, 0.2) is 10.8 Å². The molecule has 4 nitrogen and oxygen atoms in total. The van der Waals surface area contributed by atoms with E-state index in [1.807, 2.05) is 31.2 Å². The standard InChI is InChI=1S/C17H15ClN2O2S/c1-11-15(23-17(20-11)14-3-2-8-22-14)10-19-16(21)9-12-4-6-13(18)7-5-12/h2-8H,9-10H2,1H3,(H,19,21). The van der Waals surface area contributed by atoms with Crippen LogP contribution in [0.25, 0.3) is 10.8 Å². The van der Waals surface area contributed by atoms with E-state index in [1.165, 1.54) is 11.3 Å². The fourth-order valence-electron chi connectivity index (χ4n) is 2.13. The molecule has 0 aliphatic heterocycles. The number of amides is 1. The summed E-state index contributed by atoms with van der Waals surface area (Å²) >= 11 is 7.37. The van der Waals surface area contributed by atoms with Crippen molar-refractivity contribution in [3.05, 3.63) is 63.8 Å². The lowest BCUT2D eigenvalue weighted by Crippen LogP contribution is -2.24. The normalized spacial score (nSPS) is 10.7. The molecule has 3 rings (SSSR count). The van der Waals surface area contributed by atoms with Crippen LogP contribution in [0.15, 0.2) is 47.1 Å². The van der Waals surface area contributed by atoms with Crippen LogP contribution in [0.1, 0.15) is 16.1 Å². The average molecular weight is 347 g/mol. The number of nitrogens with zero attached hydrogens (tertiary/aromatic N) is 1. The predicted molar refractivity (Wildman–Crippen MR) is 91.6 cm³/mol. The van der Waals surface area contributed by atoms with Crippen LogP contribution in [-0.4, -0.2) is 10.9 Å². The minimum Gasteiger partial charge on any atom is -0.462 e. The number of nitrogens with one attached hydrogen (secondary N) is 1. The van der Waals surface area contributed by atoms with E-state index in [0.717, 1.165) is 26.9 Å². The Morgan fingerprint density at radius 1 is 1.30 bits per heavy atom. The van der Waals surface area contributed by atoms with E-state index in [0.29, 0.717) is 18.0 Å². The van der Waals surface area contributed by atoms with Crippen LogP contribution in [0.5, 0.6) is 0 Å². The summed E-state index contributed by atoms with van der Waals surface area (Å²) in [5, 5.41) is 4.42. The molecule has 1 amide bonds. The topological polar surface area (TPSA) is 55.1 Å². The summed E-state index contributed by atoms with van der Waals surface area (Å²) in [6.45, 7) is 2.40. The Morgan fingerprint density at radius 2 is 2.09 bits per heavy atom. The summed E-state index contributed by atoms with van der Waals surface area (Å²) in [6.07, 6.45) is 1.96. The van der Waals surface area contributed by atoms with Crippen molar-refractivity contribution in [3.63, 3.8) is 0 Å². The molecule has 0 fully saturated rings. The van der Waals surface area contributed by atoms with E-state index in [4.69, 9.17) is 16.0 Å². The average Bonchev–Trinajstić information content (AvgIpc) is 3.17. The van der Waals surface area contributed by atoms with E-state index in [-0.39, 0.29) is 5.91 Å². The first-order valence-electron chi connectivity index (χ1n) is 7.13. The van der Waals surface area contributed by atoms with Crippen molar-refractivity contribution in [1.82, 2.24) is 10.3 Å². The number of carbonyl (C=O) groups excluding carboxylic acids is 1. The van der Waals surface area contributed by atoms with Gasteiger partial charge in [-0.15, -0.1) is 11.3 Å². The number of hydrogen-bond donors (Lipinski definition) is 1. The lowest BCUT2D eigenvalue weighted by atomic mass is 10.1. The van der Waals surface area contributed by atoms with Gasteiger partial charge in [0.25, 0.3) is 0 Å². The highest BCUT2D eigenvalue weighted by Crippen LogP contribution is 2.28. The fraction of sp³-hybridized carbons (Fsp3) is 0.176. The minimum absolute atomic E-state index is 0.0281. The second-order valence-electron chi connectivity index (χ2n) is 5.08. The van der Waals surface area contributed by atoms with Gasteiger partial charge < -0.3 is 9.73 Å². The van der Waals surface area contributed by atoms with Crippen molar-refractivity contribution < 1.29 is 9.21 Å². The number of hydrogen-bond acceptors (Lipinski definition) is 4. The van der Waals surface area contributed by atoms with Crippen LogP contribution < -0.4 is 5.32 Å². The highest BCUT2D eigenvalue weighted by atomic mass is 35.5. The molecule has 118 valence electrons.